The van der Waals surface area contributed by atoms with Gasteiger partial charge in [-0.15, -0.1) is 11.3 Å². The van der Waals surface area contributed by atoms with Gasteiger partial charge in [-0.2, -0.15) is 0 Å². The lowest BCUT2D eigenvalue weighted by Crippen LogP contribution is -2.42. The fourth-order valence-electron chi connectivity index (χ4n) is 2.51. The SMILES string of the molecule is CCC1(CNCc2ccc(Br)s2)CCNCC1. The van der Waals surface area contributed by atoms with Crippen molar-refractivity contribution in [2.75, 3.05) is 19.6 Å². The minimum atomic E-state index is 0.528. The highest BCUT2D eigenvalue weighted by molar-refractivity contribution is 9.11. The first-order chi connectivity index (χ1) is 8.24. The van der Waals surface area contributed by atoms with E-state index in [1.807, 2.05) is 11.3 Å². The predicted molar refractivity (Wildman–Crippen MR) is 78.6 cm³/mol. The van der Waals surface area contributed by atoms with Gasteiger partial charge in [-0.3, -0.25) is 0 Å². The molecule has 1 aromatic heterocycles. The second-order valence-corrected chi connectivity index (χ2v) is 7.46. The molecule has 96 valence electrons. The van der Waals surface area contributed by atoms with Crippen LogP contribution in [0.15, 0.2) is 15.9 Å². The first-order valence-corrected chi connectivity index (χ1v) is 8.01. The van der Waals surface area contributed by atoms with E-state index in [0.29, 0.717) is 5.41 Å². The van der Waals surface area contributed by atoms with Crippen LogP contribution in [0.5, 0.6) is 0 Å². The van der Waals surface area contributed by atoms with Crippen LogP contribution in [0.3, 0.4) is 0 Å². The van der Waals surface area contributed by atoms with Crippen LogP contribution in [-0.4, -0.2) is 19.6 Å². The second-order valence-electron chi connectivity index (χ2n) is 4.91. The number of thiophene rings is 1. The van der Waals surface area contributed by atoms with Gasteiger partial charge in [0.05, 0.1) is 3.79 Å². The maximum atomic E-state index is 3.64. The zero-order chi connectivity index (χ0) is 12.1. The van der Waals surface area contributed by atoms with Gasteiger partial charge >= 0.3 is 0 Å². The third-order valence-corrected chi connectivity index (χ3v) is 5.47. The molecule has 0 bridgehead atoms. The van der Waals surface area contributed by atoms with Crippen LogP contribution in [0.2, 0.25) is 0 Å². The Hall–Kier alpha value is 0.1000. The van der Waals surface area contributed by atoms with Crippen molar-refractivity contribution in [2.45, 2.75) is 32.7 Å². The van der Waals surface area contributed by atoms with Gasteiger partial charge in [0.25, 0.3) is 0 Å². The van der Waals surface area contributed by atoms with Crippen molar-refractivity contribution in [3.05, 3.63) is 20.8 Å². The molecular weight excluding hydrogens is 296 g/mol. The molecule has 2 nitrogen and oxygen atoms in total. The van der Waals surface area contributed by atoms with Crippen molar-refractivity contribution < 1.29 is 0 Å². The molecule has 17 heavy (non-hydrogen) atoms. The standard InChI is InChI=1S/C13H21BrN2S/c1-2-13(5-7-15-8-6-13)10-16-9-11-3-4-12(14)17-11/h3-4,15-16H,2,5-10H2,1H3. The predicted octanol–water partition coefficient (Wildman–Crippen LogP) is 3.38. The maximum Gasteiger partial charge on any atom is 0.0701 e. The van der Waals surface area contributed by atoms with E-state index in [-0.39, 0.29) is 0 Å². The molecule has 0 spiro atoms. The first kappa shape index (κ1) is 13.5. The number of halogens is 1. The van der Waals surface area contributed by atoms with E-state index in [9.17, 15) is 0 Å². The van der Waals surface area contributed by atoms with Gasteiger partial charge in [-0.05, 0) is 65.8 Å². The lowest BCUT2D eigenvalue weighted by Gasteiger charge is -2.37. The first-order valence-electron chi connectivity index (χ1n) is 6.40. The average Bonchev–Trinajstić information content (AvgIpc) is 2.76. The number of rotatable bonds is 5. The Morgan fingerprint density at radius 1 is 1.41 bits per heavy atom. The summed E-state index contributed by atoms with van der Waals surface area (Å²) in [6.45, 7) is 6.85. The van der Waals surface area contributed by atoms with E-state index in [1.54, 1.807) is 0 Å². The Balaban J connectivity index is 1.79. The Bertz CT molecular complexity index is 345. The molecule has 1 aromatic rings. The molecule has 0 unspecified atom stereocenters. The van der Waals surface area contributed by atoms with Crippen LogP contribution in [-0.2, 0) is 6.54 Å². The van der Waals surface area contributed by atoms with Crippen molar-refractivity contribution >= 4 is 27.3 Å². The maximum absolute atomic E-state index is 3.64. The normalized spacial score (nSPS) is 19.4. The molecule has 4 heteroatoms. The fraction of sp³-hybridized carbons (Fsp3) is 0.692. The molecule has 0 aromatic carbocycles. The summed E-state index contributed by atoms with van der Waals surface area (Å²) < 4.78 is 1.22. The Morgan fingerprint density at radius 2 is 2.18 bits per heavy atom. The Kier molecular flexibility index (Phi) is 5.03. The summed E-state index contributed by atoms with van der Waals surface area (Å²) in [6, 6.07) is 4.32. The number of hydrogen-bond acceptors (Lipinski definition) is 3. The zero-order valence-corrected chi connectivity index (χ0v) is 12.8. The number of nitrogens with one attached hydrogen (secondary N) is 2. The van der Waals surface area contributed by atoms with Gasteiger partial charge in [-0.25, -0.2) is 0 Å². The smallest absolute Gasteiger partial charge is 0.0701 e. The van der Waals surface area contributed by atoms with Crippen molar-refractivity contribution in [1.29, 1.82) is 0 Å². The van der Waals surface area contributed by atoms with E-state index < -0.39 is 0 Å². The van der Waals surface area contributed by atoms with E-state index >= 15 is 0 Å². The summed E-state index contributed by atoms with van der Waals surface area (Å²) in [4.78, 5) is 1.41. The Morgan fingerprint density at radius 3 is 2.76 bits per heavy atom. The molecule has 0 aliphatic carbocycles. The average molecular weight is 317 g/mol. The van der Waals surface area contributed by atoms with Crippen LogP contribution in [0.4, 0.5) is 0 Å². The van der Waals surface area contributed by atoms with Gasteiger partial charge < -0.3 is 10.6 Å². The van der Waals surface area contributed by atoms with E-state index in [0.717, 1.165) is 13.1 Å². The zero-order valence-electron chi connectivity index (χ0n) is 10.4. The highest BCUT2D eigenvalue weighted by atomic mass is 79.9. The highest BCUT2D eigenvalue weighted by Gasteiger charge is 2.29. The Labute approximate surface area is 116 Å². The minimum Gasteiger partial charge on any atom is -0.317 e. The van der Waals surface area contributed by atoms with E-state index in [2.05, 4.69) is 45.6 Å². The molecule has 2 rings (SSSR count). The molecule has 0 radical (unpaired) electrons. The van der Waals surface area contributed by atoms with Gasteiger partial charge in [0.1, 0.15) is 0 Å². The summed E-state index contributed by atoms with van der Waals surface area (Å²) in [5.74, 6) is 0. The quantitative estimate of drug-likeness (QED) is 0.870. The van der Waals surface area contributed by atoms with Crippen molar-refractivity contribution in [3.63, 3.8) is 0 Å². The second kappa shape index (κ2) is 6.32. The van der Waals surface area contributed by atoms with Crippen LogP contribution >= 0.6 is 27.3 Å². The monoisotopic (exact) mass is 316 g/mol. The van der Waals surface area contributed by atoms with Crippen LogP contribution < -0.4 is 10.6 Å². The summed E-state index contributed by atoms with van der Waals surface area (Å²) in [6.07, 6.45) is 3.91. The van der Waals surface area contributed by atoms with Crippen LogP contribution in [0, 0.1) is 5.41 Å². The van der Waals surface area contributed by atoms with Gasteiger partial charge in [0, 0.05) is 18.0 Å². The third kappa shape index (κ3) is 3.78. The molecule has 1 saturated heterocycles. The summed E-state index contributed by atoms with van der Waals surface area (Å²) in [5, 5.41) is 7.09. The molecular formula is C13H21BrN2S. The molecule has 1 aliphatic rings. The summed E-state index contributed by atoms with van der Waals surface area (Å²) >= 11 is 5.33. The van der Waals surface area contributed by atoms with Gasteiger partial charge in [0.2, 0.25) is 0 Å². The van der Waals surface area contributed by atoms with Crippen molar-refractivity contribution in [1.82, 2.24) is 10.6 Å². The minimum absolute atomic E-state index is 0.528. The lowest BCUT2D eigenvalue weighted by atomic mass is 9.76. The topological polar surface area (TPSA) is 24.1 Å². The molecule has 2 N–H and O–H groups in total. The van der Waals surface area contributed by atoms with Crippen LogP contribution in [0.25, 0.3) is 0 Å². The summed E-state index contributed by atoms with van der Waals surface area (Å²) in [5.41, 5.74) is 0.528. The summed E-state index contributed by atoms with van der Waals surface area (Å²) in [7, 11) is 0. The molecule has 0 saturated carbocycles. The molecule has 0 atom stereocenters. The molecule has 0 amide bonds. The lowest BCUT2D eigenvalue weighted by molar-refractivity contribution is 0.186. The largest absolute Gasteiger partial charge is 0.317 e. The fourth-order valence-corrected chi connectivity index (χ4v) is 3.96. The number of piperidine rings is 1. The highest BCUT2D eigenvalue weighted by Crippen LogP contribution is 2.31. The van der Waals surface area contributed by atoms with E-state index in [1.165, 1.54) is 41.0 Å². The van der Waals surface area contributed by atoms with Gasteiger partial charge in [0.15, 0.2) is 0 Å². The van der Waals surface area contributed by atoms with Crippen molar-refractivity contribution in [3.8, 4) is 0 Å². The molecule has 1 fully saturated rings. The molecule has 1 aliphatic heterocycles. The van der Waals surface area contributed by atoms with Crippen LogP contribution in [0.1, 0.15) is 31.1 Å². The number of hydrogen-bond donors (Lipinski definition) is 2. The van der Waals surface area contributed by atoms with E-state index in [4.69, 9.17) is 0 Å². The third-order valence-electron chi connectivity index (χ3n) is 3.84. The molecule has 2 heterocycles. The van der Waals surface area contributed by atoms with Gasteiger partial charge in [-0.1, -0.05) is 6.92 Å². The van der Waals surface area contributed by atoms with Crippen molar-refractivity contribution in [2.24, 2.45) is 5.41 Å².